The molecule has 17 heavy (non-hydrogen) atoms. The summed E-state index contributed by atoms with van der Waals surface area (Å²) in [5, 5.41) is 11.3. The Kier molecular flexibility index (Phi) is 2.97. The molecule has 0 bridgehead atoms. The number of methoxy groups -OCH3 is 1. The summed E-state index contributed by atoms with van der Waals surface area (Å²) < 4.78 is 4.98. The van der Waals surface area contributed by atoms with Gasteiger partial charge in [0.15, 0.2) is 5.13 Å². The highest BCUT2D eigenvalue weighted by Crippen LogP contribution is 2.28. The zero-order valence-electron chi connectivity index (χ0n) is 9.01. The summed E-state index contributed by atoms with van der Waals surface area (Å²) in [5.74, 6) is -0.712. The van der Waals surface area contributed by atoms with E-state index >= 15 is 0 Å². The molecular formula is C11H10N2O3S. The van der Waals surface area contributed by atoms with Crippen LogP contribution in [0, 0.1) is 0 Å². The minimum absolute atomic E-state index is 0.108. The number of nitrogens with two attached hydrogens (primary N) is 1. The SMILES string of the molecule is COc1ccc(-c2csc(N)n2)cc1C(=O)O. The lowest BCUT2D eigenvalue weighted by atomic mass is 10.1. The second-order valence-corrected chi connectivity index (χ2v) is 4.18. The molecule has 0 saturated heterocycles. The molecule has 0 fully saturated rings. The third-order valence-corrected chi connectivity index (χ3v) is 2.92. The molecule has 2 rings (SSSR count). The number of carboxylic acids is 1. The second-order valence-electron chi connectivity index (χ2n) is 3.29. The Morgan fingerprint density at radius 2 is 2.29 bits per heavy atom. The largest absolute Gasteiger partial charge is 0.496 e. The molecule has 0 aliphatic rings. The third-order valence-electron chi connectivity index (χ3n) is 2.25. The summed E-state index contributed by atoms with van der Waals surface area (Å²) in [4.78, 5) is 15.1. The monoisotopic (exact) mass is 250 g/mol. The number of hydrogen-bond acceptors (Lipinski definition) is 5. The van der Waals surface area contributed by atoms with Gasteiger partial charge in [-0.2, -0.15) is 0 Å². The van der Waals surface area contributed by atoms with Gasteiger partial charge in [0.1, 0.15) is 11.3 Å². The highest BCUT2D eigenvalue weighted by atomic mass is 32.1. The van der Waals surface area contributed by atoms with Crippen LogP contribution in [0.25, 0.3) is 11.3 Å². The van der Waals surface area contributed by atoms with E-state index in [1.807, 2.05) is 0 Å². The van der Waals surface area contributed by atoms with Crippen LogP contribution in [-0.2, 0) is 0 Å². The number of nitrogen functional groups attached to an aromatic ring is 1. The minimum atomic E-state index is -1.04. The average Bonchev–Trinajstić information content (AvgIpc) is 2.75. The molecule has 0 unspecified atom stereocenters. The van der Waals surface area contributed by atoms with Crippen LogP contribution >= 0.6 is 11.3 Å². The first-order chi connectivity index (χ1) is 8.11. The summed E-state index contributed by atoms with van der Waals surface area (Å²) in [7, 11) is 1.43. The first kappa shape index (κ1) is 11.4. The van der Waals surface area contributed by atoms with Crippen LogP contribution in [0.1, 0.15) is 10.4 Å². The molecule has 1 aromatic carbocycles. The molecule has 0 spiro atoms. The highest BCUT2D eigenvalue weighted by molar-refractivity contribution is 7.13. The van der Waals surface area contributed by atoms with Crippen LogP contribution < -0.4 is 10.5 Å². The van der Waals surface area contributed by atoms with E-state index in [-0.39, 0.29) is 5.56 Å². The fourth-order valence-corrected chi connectivity index (χ4v) is 2.03. The zero-order valence-corrected chi connectivity index (χ0v) is 9.82. The van der Waals surface area contributed by atoms with E-state index in [0.717, 1.165) is 0 Å². The van der Waals surface area contributed by atoms with Crippen molar-refractivity contribution in [1.82, 2.24) is 4.98 Å². The summed E-state index contributed by atoms with van der Waals surface area (Å²) in [6.45, 7) is 0. The van der Waals surface area contributed by atoms with Gasteiger partial charge in [-0.05, 0) is 18.2 Å². The summed E-state index contributed by atoms with van der Waals surface area (Å²) in [6, 6.07) is 4.88. The van der Waals surface area contributed by atoms with Crippen LogP contribution in [0.4, 0.5) is 5.13 Å². The number of carbonyl (C=O) groups is 1. The van der Waals surface area contributed by atoms with Crippen molar-refractivity contribution in [1.29, 1.82) is 0 Å². The van der Waals surface area contributed by atoms with Gasteiger partial charge in [-0.15, -0.1) is 11.3 Å². The van der Waals surface area contributed by atoms with Gasteiger partial charge in [0.2, 0.25) is 0 Å². The predicted octanol–water partition coefficient (Wildman–Crippen LogP) is 2.10. The van der Waals surface area contributed by atoms with Crippen molar-refractivity contribution in [3.8, 4) is 17.0 Å². The van der Waals surface area contributed by atoms with Gasteiger partial charge >= 0.3 is 5.97 Å². The number of carboxylic acid groups (broad SMARTS) is 1. The first-order valence-corrected chi connectivity index (χ1v) is 5.62. The lowest BCUT2D eigenvalue weighted by molar-refractivity contribution is 0.0693. The number of thiazole rings is 1. The van der Waals surface area contributed by atoms with Crippen LogP contribution in [0.15, 0.2) is 23.6 Å². The molecule has 88 valence electrons. The molecule has 5 nitrogen and oxygen atoms in total. The highest BCUT2D eigenvalue weighted by Gasteiger charge is 2.13. The van der Waals surface area contributed by atoms with Crippen LogP contribution in [0.3, 0.4) is 0 Å². The Hall–Kier alpha value is -2.08. The van der Waals surface area contributed by atoms with Crippen molar-refractivity contribution >= 4 is 22.4 Å². The maximum Gasteiger partial charge on any atom is 0.339 e. The number of benzene rings is 1. The molecule has 6 heteroatoms. The van der Waals surface area contributed by atoms with Crippen LogP contribution in [0.5, 0.6) is 5.75 Å². The molecule has 0 atom stereocenters. The molecule has 3 N–H and O–H groups in total. The third kappa shape index (κ3) is 2.21. The van der Waals surface area contributed by atoms with Crippen LogP contribution in [-0.4, -0.2) is 23.2 Å². The Balaban J connectivity index is 2.50. The maximum atomic E-state index is 11.0. The number of ether oxygens (including phenoxy) is 1. The molecule has 0 aliphatic carbocycles. The van der Waals surface area contributed by atoms with Crippen molar-refractivity contribution in [3.05, 3.63) is 29.1 Å². The number of nitrogens with zero attached hydrogens (tertiary/aromatic N) is 1. The van der Waals surface area contributed by atoms with E-state index in [4.69, 9.17) is 15.6 Å². The van der Waals surface area contributed by atoms with Gasteiger partial charge in [-0.1, -0.05) is 0 Å². The van der Waals surface area contributed by atoms with Crippen LogP contribution in [0.2, 0.25) is 0 Å². The number of rotatable bonds is 3. The van der Waals surface area contributed by atoms with E-state index in [0.29, 0.717) is 22.1 Å². The molecule has 0 saturated carbocycles. The standard InChI is InChI=1S/C11H10N2O3S/c1-16-9-3-2-6(4-7(9)10(14)15)8-5-17-11(12)13-8/h2-5H,1H3,(H2,12,13)(H,14,15). The van der Waals surface area contributed by atoms with Crippen molar-refractivity contribution in [3.63, 3.8) is 0 Å². The van der Waals surface area contributed by atoms with Gasteiger partial charge in [-0.3, -0.25) is 0 Å². The molecule has 0 radical (unpaired) electrons. The summed E-state index contributed by atoms with van der Waals surface area (Å²) >= 11 is 1.31. The normalized spacial score (nSPS) is 10.2. The Bertz CT molecular complexity index is 566. The van der Waals surface area contributed by atoms with Gasteiger partial charge in [-0.25, -0.2) is 9.78 Å². The van der Waals surface area contributed by atoms with E-state index in [2.05, 4.69) is 4.98 Å². The van der Waals surface area contributed by atoms with Crippen molar-refractivity contribution in [2.45, 2.75) is 0 Å². The van der Waals surface area contributed by atoms with Gasteiger partial charge in [0.05, 0.1) is 12.8 Å². The fraction of sp³-hybridized carbons (Fsp3) is 0.0909. The van der Waals surface area contributed by atoms with E-state index in [1.165, 1.54) is 24.5 Å². The average molecular weight is 250 g/mol. The topological polar surface area (TPSA) is 85.4 Å². The number of aromatic nitrogens is 1. The van der Waals surface area contributed by atoms with Gasteiger partial charge in [0.25, 0.3) is 0 Å². The molecule has 0 amide bonds. The first-order valence-electron chi connectivity index (χ1n) is 4.74. The van der Waals surface area contributed by atoms with E-state index in [9.17, 15) is 4.79 Å². The van der Waals surface area contributed by atoms with Crippen molar-refractivity contribution < 1.29 is 14.6 Å². The number of anilines is 1. The summed E-state index contributed by atoms with van der Waals surface area (Å²) in [5.41, 5.74) is 7.01. The second kappa shape index (κ2) is 4.42. The molecular weight excluding hydrogens is 240 g/mol. The molecule has 2 aromatic rings. The molecule has 0 aliphatic heterocycles. The number of hydrogen-bond donors (Lipinski definition) is 2. The Labute approximate surface area is 101 Å². The Morgan fingerprint density at radius 1 is 1.53 bits per heavy atom. The quantitative estimate of drug-likeness (QED) is 0.871. The maximum absolute atomic E-state index is 11.0. The van der Waals surface area contributed by atoms with Crippen molar-refractivity contribution in [2.75, 3.05) is 12.8 Å². The fourth-order valence-electron chi connectivity index (χ4n) is 1.45. The minimum Gasteiger partial charge on any atom is -0.496 e. The Morgan fingerprint density at radius 3 is 2.82 bits per heavy atom. The van der Waals surface area contributed by atoms with E-state index < -0.39 is 5.97 Å². The smallest absolute Gasteiger partial charge is 0.339 e. The summed E-state index contributed by atoms with van der Waals surface area (Å²) in [6.07, 6.45) is 0. The lowest BCUT2D eigenvalue weighted by Gasteiger charge is -2.06. The molecule has 1 heterocycles. The van der Waals surface area contributed by atoms with Gasteiger partial charge in [0, 0.05) is 10.9 Å². The molecule has 1 aromatic heterocycles. The van der Waals surface area contributed by atoms with Crippen molar-refractivity contribution in [2.24, 2.45) is 0 Å². The van der Waals surface area contributed by atoms with Gasteiger partial charge < -0.3 is 15.6 Å². The lowest BCUT2D eigenvalue weighted by Crippen LogP contribution is -2.00. The van der Waals surface area contributed by atoms with E-state index in [1.54, 1.807) is 17.5 Å². The zero-order chi connectivity index (χ0) is 12.4. The number of aromatic carboxylic acids is 1. The predicted molar refractivity (Wildman–Crippen MR) is 65.5 cm³/mol.